The van der Waals surface area contributed by atoms with Crippen molar-refractivity contribution in [1.82, 2.24) is 9.97 Å². The minimum atomic E-state index is -1.18. The van der Waals surface area contributed by atoms with Crippen molar-refractivity contribution in [1.29, 1.82) is 0 Å². The van der Waals surface area contributed by atoms with Crippen LogP contribution in [0.5, 0.6) is 0 Å². The van der Waals surface area contributed by atoms with E-state index in [-0.39, 0.29) is 5.56 Å². The van der Waals surface area contributed by atoms with Crippen LogP contribution in [-0.4, -0.2) is 15.9 Å². The number of thiophene rings is 2. The van der Waals surface area contributed by atoms with Crippen molar-refractivity contribution in [2.75, 3.05) is 0 Å². The van der Waals surface area contributed by atoms with Crippen LogP contribution in [0.1, 0.15) is 10.4 Å². The number of aromatic amines is 1. The second-order valence-corrected chi connectivity index (χ2v) is 7.02. The fraction of sp³-hybridized carbons (Fsp3) is 0. The van der Waals surface area contributed by atoms with Gasteiger partial charge >= 0.3 is 0 Å². The summed E-state index contributed by atoms with van der Waals surface area (Å²) in [6.45, 7) is 0. The van der Waals surface area contributed by atoms with Gasteiger partial charge < -0.3 is 14.9 Å². The van der Waals surface area contributed by atoms with Crippen molar-refractivity contribution < 1.29 is 9.90 Å². The number of hydrogen-bond acceptors (Lipinski definition) is 5. The van der Waals surface area contributed by atoms with E-state index in [1.165, 1.54) is 12.1 Å². The number of benzene rings is 1. The molecule has 118 valence electrons. The summed E-state index contributed by atoms with van der Waals surface area (Å²) in [6, 6.07) is 14.6. The highest BCUT2D eigenvalue weighted by Gasteiger charge is 2.16. The van der Waals surface area contributed by atoms with E-state index in [0.29, 0.717) is 5.82 Å². The zero-order valence-electron chi connectivity index (χ0n) is 12.4. The summed E-state index contributed by atoms with van der Waals surface area (Å²) >= 11 is 3.29. The number of rotatable bonds is 4. The van der Waals surface area contributed by atoms with Gasteiger partial charge in [-0.3, -0.25) is 0 Å². The number of H-pyrrole nitrogens is 1. The fourth-order valence-corrected chi connectivity index (χ4v) is 3.91. The fourth-order valence-electron chi connectivity index (χ4n) is 2.46. The van der Waals surface area contributed by atoms with Crippen molar-refractivity contribution >= 4 is 28.6 Å². The third kappa shape index (κ3) is 2.66. The van der Waals surface area contributed by atoms with Gasteiger partial charge in [-0.05, 0) is 28.5 Å². The van der Waals surface area contributed by atoms with Gasteiger partial charge in [-0.15, -0.1) is 22.7 Å². The molecule has 0 unspecified atom stereocenters. The van der Waals surface area contributed by atoms with Crippen LogP contribution in [0, 0.1) is 0 Å². The van der Waals surface area contributed by atoms with Gasteiger partial charge in [-0.1, -0.05) is 36.4 Å². The van der Waals surface area contributed by atoms with Crippen molar-refractivity contribution in [2.24, 2.45) is 0 Å². The SMILES string of the molecule is O=C([O-])c1ccc(-c2nc(-c3cccs3)c(-c3cccs3)[nH]2)cc1. The summed E-state index contributed by atoms with van der Waals surface area (Å²) in [5.74, 6) is -0.466. The van der Waals surface area contributed by atoms with Crippen LogP contribution in [0.2, 0.25) is 0 Å². The summed E-state index contributed by atoms with van der Waals surface area (Å²) in [6.07, 6.45) is 0. The number of carboxylic acids is 1. The van der Waals surface area contributed by atoms with Crippen molar-refractivity contribution in [3.8, 4) is 32.5 Å². The molecule has 0 bridgehead atoms. The number of nitrogens with zero attached hydrogens (tertiary/aromatic N) is 1. The maximum Gasteiger partial charge on any atom is 0.138 e. The Morgan fingerprint density at radius 3 is 2.21 bits per heavy atom. The van der Waals surface area contributed by atoms with Crippen LogP contribution in [0.25, 0.3) is 32.5 Å². The third-order valence-electron chi connectivity index (χ3n) is 3.62. The molecule has 24 heavy (non-hydrogen) atoms. The molecule has 3 heterocycles. The Balaban J connectivity index is 1.82. The number of carbonyl (C=O) groups is 1. The van der Waals surface area contributed by atoms with E-state index < -0.39 is 5.97 Å². The number of hydrogen-bond donors (Lipinski definition) is 1. The second-order valence-electron chi connectivity index (χ2n) is 5.13. The number of imidazole rings is 1. The number of aromatic nitrogens is 2. The number of carboxylic acid groups (broad SMARTS) is 1. The van der Waals surface area contributed by atoms with Crippen molar-refractivity contribution in [3.05, 3.63) is 64.9 Å². The van der Waals surface area contributed by atoms with E-state index in [2.05, 4.69) is 11.1 Å². The average Bonchev–Trinajstić information content (AvgIpc) is 3.33. The normalized spacial score (nSPS) is 10.8. The predicted octanol–water partition coefficient (Wildman–Crippen LogP) is 3.90. The van der Waals surface area contributed by atoms with Gasteiger partial charge in [-0.25, -0.2) is 4.98 Å². The maximum atomic E-state index is 10.9. The molecule has 1 aromatic carbocycles. The highest BCUT2D eigenvalue weighted by Crippen LogP contribution is 2.36. The van der Waals surface area contributed by atoms with Crippen LogP contribution < -0.4 is 5.11 Å². The van der Waals surface area contributed by atoms with Gasteiger partial charge in [0, 0.05) is 5.56 Å². The summed E-state index contributed by atoms with van der Waals surface area (Å²) in [7, 11) is 0. The molecule has 0 spiro atoms. The molecule has 0 radical (unpaired) electrons. The molecule has 4 nitrogen and oxygen atoms in total. The van der Waals surface area contributed by atoms with Gasteiger partial charge in [0.2, 0.25) is 0 Å². The lowest BCUT2D eigenvalue weighted by Gasteiger charge is -2.02. The number of carbonyl (C=O) groups excluding carboxylic acids is 1. The first kappa shape index (κ1) is 14.9. The van der Waals surface area contributed by atoms with Crippen LogP contribution >= 0.6 is 22.7 Å². The number of aromatic carboxylic acids is 1. The molecule has 0 atom stereocenters. The molecule has 0 aliphatic heterocycles. The molecule has 4 aromatic rings. The van der Waals surface area contributed by atoms with E-state index in [1.54, 1.807) is 34.8 Å². The van der Waals surface area contributed by atoms with Gasteiger partial charge in [-0.2, -0.15) is 0 Å². The lowest BCUT2D eigenvalue weighted by Crippen LogP contribution is -2.21. The topological polar surface area (TPSA) is 68.8 Å². The zero-order valence-corrected chi connectivity index (χ0v) is 14.0. The van der Waals surface area contributed by atoms with E-state index in [9.17, 15) is 9.90 Å². The molecule has 4 rings (SSSR count). The molecule has 3 aromatic heterocycles. The van der Waals surface area contributed by atoms with Crippen LogP contribution in [0.3, 0.4) is 0 Å². The molecule has 0 aliphatic carbocycles. The van der Waals surface area contributed by atoms with Crippen LogP contribution in [-0.2, 0) is 0 Å². The molecule has 0 aliphatic rings. The molecule has 0 saturated heterocycles. The summed E-state index contributed by atoms with van der Waals surface area (Å²) in [4.78, 5) is 21.2. The zero-order chi connectivity index (χ0) is 16.5. The Kier molecular flexibility index (Phi) is 3.76. The second kappa shape index (κ2) is 6.07. The molecular weight excluding hydrogens is 340 g/mol. The van der Waals surface area contributed by atoms with Gasteiger partial charge in [0.25, 0.3) is 0 Å². The third-order valence-corrected chi connectivity index (χ3v) is 5.38. The van der Waals surface area contributed by atoms with Gasteiger partial charge in [0.05, 0.1) is 21.4 Å². The van der Waals surface area contributed by atoms with Crippen molar-refractivity contribution in [2.45, 2.75) is 0 Å². The first-order chi connectivity index (χ1) is 11.7. The highest BCUT2D eigenvalue weighted by molar-refractivity contribution is 7.14. The van der Waals surface area contributed by atoms with E-state index in [4.69, 9.17) is 4.98 Å². The summed E-state index contributed by atoms with van der Waals surface area (Å²) in [5.41, 5.74) is 2.88. The lowest BCUT2D eigenvalue weighted by molar-refractivity contribution is -0.255. The van der Waals surface area contributed by atoms with Gasteiger partial charge in [0.1, 0.15) is 11.5 Å². The predicted molar refractivity (Wildman–Crippen MR) is 95.0 cm³/mol. The molecule has 6 heteroatoms. The van der Waals surface area contributed by atoms with E-state index in [0.717, 1.165) is 26.7 Å². The lowest BCUT2D eigenvalue weighted by atomic mass is 10.1. The Bertz CT molecular complexity index is 917. The number of nitrogens with one attached hydrogen (secondary N) is 1. The Hall–Kier alpha value is -2.70. The monoisotopic (exact) mass is 351 g/mol. The minimum absolute atomic E-state index is 0.155. The largest absolute Gasteiger partial charge is 0.545 e. The Morgan fingerprint density at radius 2 is 1.62 bits per heavy atom. The quantitative estimate of drug-likeness (QED) is 0.606. The van der Waals surface area contributed by atoms with Crippen LogP contribution in [0.15, 0.2) is 59.3 Å². The molecular formula is C18H11N2O2S2-. The Morgan fingerprint density at radius 1 is 0.958 bits per heavy atom. The van der Waals surface area contributed by atoms with Gasteiger partial charge in [0.15, 0.2) is 0 Å². The highest BCUT2D eigenvalue weighted by atomic mass is 32.1. The van der Waals surface area contributed by atoms with E-state index in [1.807, 2.05) is 29.0 Å². The first-order valence-electron chi connectivity index (χ1n) is 7.22. The Labute approximate surface area is 146 Å². The molecule has 0 saturated carbocycles. The minimum Gasteiger partial charge on any atom is -0.545 e. The van der Waals surface area contributed by atoms with Crippen LogP contribution in [0.4, 0.5) is 0 Å². The van der Waals surface area contributed by atoms with Crippen molar-refractivity contribution in [3.63, 3.8) is 0 Å². The molecule has 1 N–H and O–H groups in total. The first-order valence-corrected chi connectivity index (χ1v) is 8.98. The summed E-state index contributed by atoms with van der Waals surface area (Å²) < 4.78 is 0. The molecule has 0 fully saturated rings. The average molecular weight is 351 g/mol. The standard InChI is InChI=1S/C18H12N2O2S2/c21-18(22)12-7-5-11(6-8-12)17-19-15(13-3-1-9-23-13)16(20-17)14-4-2-10-24-14/h1-10H,(H,19,20)(H,21,22)/p-1. The smallest absolute Gasteiger partial charge is 0.138 e. The maximum absolute atomic E-state index is 10.9. The summed E-state index contributed by atoms with van der Waals surface area (Å²) in [5, 5.41) is 14.9. The van der Waals surface area contributed by atoms with E-state index >= 15 is 0 Å². The molecule has 0 amide bonds.